The fraction of sp³-hybridized carbons (Fsp3) is 0. The number of nitriles is 1. The van der Waals surface area contributed by atoms with Crippen molar-refractivity contribution in [1.82, 2.24) is 0 Å². The summed E-state index contributed by atoms with van der Waals surface area (Å²) in [6.07, 6.45) is 0. The van der Waals surface area contributed by atoms with E-state index < -0.39 is 0 Å². The third-order valence-electron chi connectivity index (χ3n) is 0.158. The first-order valence-corrected chi connectivity index (χ1v) is 1.18. The quantitative estimate of drug-likeness (QED) is 0.482. The van der Waals surface area contributed by atoms with Gasteiger partial charge in [-0.15, -0.1) is 5.57 Å². The fourth-order valence-electron chi connectivity index (χ4n) is 0. The summed E-state index contributed by atoms with van der Waals surface area (Å²) in [6.45, 7) is 6.40. The molecule has 0 aliphatic rings. The number of allylic oxidation sites excluding steroid dienone is 1. The van der Waals surface area contributed by atoms with Gasteiger partial charge in [0.05, 0.1) is 0 Å². The summed E-state index contributed by atoms with van der Waals surface area (Å²) in [7, 11) is 0. The second-order valence-corrected chi connectivity index (χ2v) is 0.715. The van der Waals surface area contributed by atoms with E-state index >= 15 is 0 Å². The molecule has 0 radical (unpaired) electrons. The molecule has 0 saturated carbocycles. The van der Waals surface area contributed by atoms with Crippen LogP contribution < -0.4 is 0 Å². The first kappa shape index (κ1) is 9.47. The molecule has 0 fully saturated rings. The van der Waals surface area contributed by atoms with Crippen molar-refractivity contribution in [2.75, 3.05) is 0 Å². The van der Waals surface area contributed by atoms with Crippen LogP contribution in [0, 0.1) is 49.4 Å². The van der Waals surface area contributed by atoms with Crippen molar-refractivity contribution in [3.05, 3.63) is 19.1 Å². The molecule has 0 aliphatic heterocycles. The molecular weight excluding hydrogens is 300 g/mol. The Kier molecular flexibility index (Phi) is 8.13. The van der Waals surface area contributed by atoms with Crippen LogP contribution in [0.15, 0.2) is 12.2 Å². The SMILES string of the molecule is C=C([CH2-])C#N.[U]. The molecule has 0 N–H and O–H groups in total. The van der Waals surface area contributed by atoms with Crippen LogP contribution in [0.5, 0.6) is 0 Å². The summed E-state index contributed by atoms with van der Waals surface area (Å²) in [4.78, 5) is 0. The second-order valence-electron chi connectivity index (χ2n) is 0.715. The van der Waals surface area contributed by atoms with Gasteiger partial charge in [-0.2, -0.15) is 13.5 Å². The summed E-state index contributed by atoms with van der Waals surface area (Å²) >= 11 is 0. The molecule has 2 heteroatoms. The van der Waals surface area contributed by atoms with Gasteiger partial charge < -0.3 is 0 Å². The van der Waals surface area contributed by atoms with E-state index in [1.165, 1.54) is 0 Å². The minimum absolute atomic E-state index is 0. The molecule has 30 valence electrons. The number of hydrogen-bond acceptors (Lipinski definition) is 1. The van der Waals surface area contributed by atoms with Crippen molar-refractivity contribution in [3.63, 3.8) is 0 Å². The zero-order valence-electron chi connectivity index (χ0n) is 3.36. The number of hydrogen-bond donors (Lipinski definition) is 0. The molecular formula is C4H4NU-. The van der Waals surface area contributed by atoms with Gasteiger partial charge in [-0.1, -0.05) is 6.07 Å². The van der Waals surface area contributed by atoms with E-state index in [9.17, 15) is 0 Å². The molecule has 1 nitrogen and oxygen atoms in total. The van der Waals surface area contributed by atoms with Gasteiger partial charge in [0, 0.05) is 31.1 Å². The van der Waals surface area contributed by atoms with Gasteiger partial charge in [0.15, 0.2) is 0 Å². The minimum atomic E-state index is 0. The Morgan fingerprint density at radius 2 is 2.00 bits per heavy atom. The van der Waals surface area contributed by atoms with Crippen molar-refractivity contribution < 1.29 is 31.1 Å². The first-order chi connectivity index (χ1) is 2.27. The predicted molar refractivity (Wildman–Crippen MR) is 20.1 cm³/mol. The third-order valence-corrected chi connectivity index (χ3v) is 0.158. The monoisotopic (exact) mass is 304 g/mol. The van der Waals surface area contributed by atoms with Gasteiger partial charge in [0.25, 0.3) is 0 Å². The van der Waals surface area contributed by atoms with E-state index in [1.54, 1.807) is 6.07 Å². The van der Waals surface area contributed by atoms with Gasteiger partial charge in [-0.05, 0) is 0 Å². The molecule has 0 unspecified atom stereocenters. The van der Waals surface area contributed by atoms with Crippen LogP contribution in [0.25, 0.3) is 0 Å². The summed E-state index contributed by atoms with van der Waals surface area (Å²) in [5.74, 6) is 0. The van der Waals surface area contributed by atoms with Crippen LogP contribution in [0.3, 0.4) is 0 Å². The standard InChI is InChI=1S/C4H4N.U/c1-4(2)3-5;/h1-2H2;/q-1;. The minimum Gasteiger partial charge on any atom is -0.285 e. The maximum absolute atomic E-state index is 7.73. The van der Waals surface area contributed by atoms with Gasteiger partial charge in [-0.25, -0.2) is 0 Å². The molecule has 0 rings (SSSR count). The molecule has 0 amide bonds. The molecule has 0 spiro atoms. The molecule has 0 saturated heterocycles. The zero-order chi connectivity index (χ0) is 4.28. The normalized spacial score (nSPS) is 4.50. The molecule has 0 heterocycles. The third kappa shape index (κ3) is 8.91. The predicted octanol–water partition coefficient (Wildman–Crippen LogP) is 0.900. The molecule has 0 aliphatic carbocycles. The van der Waals surface area contributed by atoms with E-state index in [2.05, 4.69) is 13.5 Å². The maximum Gasteiger partial charge on any atom is 0 e. The Hall–Kier alpha value is 0.152. The van der Waals surface area contributed by atoms with Crippen LogP contribution in [0.4, 0.5) is 0 Å². The summed E-state index contributed by atoms with van der Waals surface area (Å²) in [5.41, 5.74) is 0.310. The van der Waals surface area contributed by atoms with Crippen LogP contribution in [0.1, 0.15) is 0 Å². The van der Waals surface area contributed by atoms with Crippen LogP contribution in [-0.4, -0.2) is 0 Å². The van der Waals surface area contributed by atoms with Crippen molar-refractivity contribution in [2.45, 2.75) is 0 Å². The van der Waals surface area contributed by atoms with Crippen LogP contribution in [0.2, 0.25) is 0 Å². The molecule has 0 atom stereocenters. The summed E-state index contributed by atoms with van der Waals surface area (Å²) < 4.78 is 0. The van der Waals surface area contributed by atoms with Crippen molar-refractivity contribution in [3.8, 4) is 6.07 Å². The van der Waals surface area contributed by atoms with Crippen molar-refractivity contribution >= 4 is 0 Å². The Bertz CT molecular complexity index is 80.0. The molecule has 0 bridgehead atoms. The Morgan fingerprint density at radius 1 is 1.83 bits per heavy atom. The Morgan fingerprint density at radius 3 is 2.00 bits per heavy atom. The Balaban J connectivity index is 0. The van der Waals surface area contributed by atoms with Crippen molar-refractivity contribution in [2.24, 2.45) is 0 Å². The van der Waals surface area contributed by atoms with E-state index in [-0.39, 0.29) is 31.1 Å². The van der Waals surface area contributed by atoms with E-state index in [4.69, 9.17) is 5.26 Å². The molecule has 0 aromatic rings. The van der Waals surface area contributed by atoms with Crippen molar-refractivity contribution in [1.29, 1.82) is 5.26 Å². The van der Waals surface area contributed by atoms with Crippen LogP contribution in [-0.2, 0) is 0 Å². The average Bonchev–Trinajstić information content (AvgIpc) is 1.38. The zero-order valence-corrected chi connectivity index (χ0v) is 7.53. The smallest absolute Gasteiger partial charge is 0 e. The maximum atomic E-state index is 7.73. The van der Waals surface area contributed by atoms with Gasteiger partial charge >= 0.3 is 0 Å². The fourth-order valence-corrected chi connectivity index (χ4v) is 0. The topological polar surface area (TPSA) is 23.8 Å². The Labute approximate surface area is 61.4 Å². The van der Waals surface area contributed by atoms with Gasteiger partial charge in [0.2, 0.25) is 0 Å². The first-order valence-electron chi connectivity index (χ1n) is 1.18. The van der Waals surface area contributed by atoms with E-state index in [0.717, 1.165) is 0 Å². The van der Waals surface area contributed by atoms with Crippen LogP contribution >= 0.6 is 0 Å². The van der Waals surface area contributed by atoms with Gasteiger partial charge in [0.1, 0.15) is 0 Å². The van der Waals surface area contributed by atoms with Gasteiger partial charge in [-0.3, -0.25) is 5.26 Å². The number of nitrogens with zero attached hydrogens (tertiary/aromatic N) is 1. The summed E-state index contributed by atoms with van der Waals surface area (Å²) in [6, 6.07) is 1.72. The molecule has 6 heavy (non-hydrogen) atoms. The molecule has 0 aromatic carbocycles. The average molecular weight is 304 g/mol. The second kappa shape index (κ2) is 5.15. The van der Waals surface area contributed by atoms with E-state index in [1.807, 2.05) is 0 Å². The summed E-state index contributed by atoms with van der Waals surface area (Å²) in [5, 5.41) is 7.73. The molecule has 0 aromatic heterocycles. The largest absolute Gasteiger partial charge is 0.285 e. The number of rotatable bonds is 0. The van der Waals surface area contributed by atoms with E-state index in [0.29, 0.717) is 5.57 Å².